The molecule has 0 aromatic heterocycles. The van der Waals surface area contributed by atoms with Crippen LogP contribution in [0.5, 0.6) is 0 Å². The van der Waals surface area contributed by atoms with Crippen LogP contribution < -0.4 is 5.73 Å². The average molecular weight is 280 g/mol. The van der Waals surface area contributed by atoms with E-state index in [1.54, 1.807) is 18.2 Å². The highest BCUT2D eigenvalue weighted by molar-refractivity contribution is 6.30. The second-order valence-electron chi connectivity index (χ2n) is 4.22. The van der Waals surface area contributed by atoms with Gasteiger partial charge in [-0.1, -0.05) is 35.9 Å². The highest BCUT2D eigenvalue weighted by Crippen LogP contribution is 2.19. The summed E-state index contributed by atoms with van der Waals surface area (Å²) in [6, 6.07) is 13.7. The first kappa shape index (κ1) is 14.0. The number of nitrogens with two attached hydrogens (primary N) is 1. The van der Waals surface area contributed by atoms with Crippen LogP contribution in [0.3, 0.4) is 0 Å². The summed E-state index contributed by atoms with van der Waals surface area (Å²) in [7, 11) is 0. The molecule has 19 heavy (non-hydrogen) atoms. The zero-order chi connectivity index (χ0) is 13.7. The third-order valence-electron chi connectivity index (χ3n) is 2.80. The molecule has 2 N–H and O–H groups in total. The summed E-state index contributed by atoms with van der Waals surface area (Å²) in [6.45, 7) is 0.715. The van der Waals surface area contributed by atoms with Crippen LogP contribution in [-0.4, -0.2) is 6.54 Å². The molecule has 0 heterocycles. The molecule has 4 heteroatoms. The molecule has 0 amide bonds. The van der Waals surface area contributed by atoms with Crippen molar-refractivity contribution < 1.29 is 9.13 Å². The van der Waals surface area contributed by atoms with Gasteiger partial charge in [0, 0.05) is 11.6 Å². The zero-order valence-electron chi connectivity index (χ0n) is 10.4. The third-order valence-corrected chi connectivity index (χ3v) is 3.05. The fourth-order valence-electron chi connectivity index (χ4n) is 1.78. The van der Waals surface area contributed by atoms with E-state index in [0.717, 1.165) is 11.1 Å². The number of benzene rings is 2. The summed E-state index contributed by atoms with van der Waals surface area (Å²) in [4.78, 5) is 0. The van der Waals surface area contributed by atoms with Crippen molar-refractivity contribution in [3.05, 3.63) is 70.5 Å². The quantitative estimate of drug-likeness (QED) is 0.906. The lowest BCUT2D eigenvalue weighted by Crippen LogP contribution is -2.16. The highest BCUT2D eigenvalue weighted by Gasteiger charge is 2.11. The first-order chi connectivity index (χ1) is 9.19. The van der Waals surface area contributed by atoms with E-state index in [4.69, 9.17) is 22.1 Å². The maximum Gasteiger partial charge on any atom is 0.123 e. The number of hydrogen-bond donors (Lipinski definition) is 1. The molecule has 0 spiro atoms. The van der Waals surface area contributed by atoms with Crippen LogP contribution in [0.2, 0.25) is 5.02 Å². The molecule has 0 radical (unpaired) electrons. The number of ether oxygens (including phenoxy) is 1. The van der Waals surface area contributed by atoms with Crippen LogP contribution in [0, 0.1) is 5.82 Å². The van der Waals surface area contributed by atoms with Crippen molar-refractivity contribution in [2.24, 2.45) is 5.73 Å². The maximum absolute atomic E-state index is 13.2. The van der Waals surface area contributed by atoms with E-state index in [1.807, 2.05) is 18.2 Å². The summed E-state index contributed by atoms with van der Waals surface area (Å²) < 4.78 is 18.9. The van der Waals surface area contributed by atoms with Crippen LogP contribution in [0.25, 0.3) is 0 Å². The average Bonchev–Trinajstić information content (AvgIpc) is 2.42. The Balaban J connectivity index is 2.01. The first-order valence-electron chi connectivity index (χ1n) is 6.00. The van der Waals surface area contributed by atoms with Gasteiger partial charge in [-0.3, -0.25) is 0 Å². The second-order valence-corrected chi connectivity index (χ2v) is 4.65. The number of hydrogen-bond acceptors (Lipinski definition) is 2. The maximum atomic E-state index is 13.2. The topological polar surface area (TPSA) is 35.2 Å². The smallest absolute Gasteiger partial charge is 0.123 e. The van der Waals surface area contributed by atoms with Crippen molar-refractivity contribution in [2.45, 2.75) is 12.7 Å². The Morgan fingerprint density at radius 2 is 1.89 bits per heavy atom. The Morgan fingerprint density at radius 1 is 1.16 bits per heavy atom. The van der Waals surface area contributed by atoms with Gasteiger partial charge in [-0.05, 0) is 35.4 Å². The van der Waals surface area contributed by atoms with Crippen LogP contribution in [0.4, 0.5) is 4.39 Å². The molecule has 0 aliphatic rings. The Morgan fingerprint density at radius 3 is 2.53 bits per heavy atom. The molecule has 0 saturated heterocycles. The molecule has 0 bridgehead atoms. The molecule has 1 atom stereocenters. The van der Waals surface area contributed by atoms with Gasteiger partial charge in [-0.25, -0.2) is 4.39 Å². The van der Waals surface area contributed by atoms with Crippen molar-refractivity contribution in [1.29, 1.82) is 0 Å². The highest BCUT2D eigenvalue weighted by atomic mass is 35.5. The van der Waals surface area contributed by atoms with Gasteiger partial charge < -0.3 is 10.5 Å². The Labute approximate surface area is 117 Å². The van der Waals surface area contributed by atoms with Gasteiger partial charge >= 0.3 is 0 Å². The minimum Gasteiger partial charge on any atom is -0.368 e. The molecule has 100 valence electrons. The van der Waals surface area contributed by atoms with Gasteiger partial charge in [0.2, 0.25) is 0 Å². The van der Waals surface area contributed by atoms with Crippen molar-refractivity contribution in [1.82, 2.24) is 0 Å². The fraction of sp³-hybridized carbons (Fsp3) is 0.200. The second kappa shape index (κ2) is 6.66. The Kier molecular flexibility index (Phi) is 4.91. The van der Waals surface area contributed by atoms with Crippen molar-refractivity contribution >= 4 is 11.6 Å². The van der Waals surface area contributed by atoms with E-state index < -0.39 is 0 Å². The van der Waals surface area contributed by atoms with E-state index in [9.17, 15) is 4.39 Å². The molecule has 2 nitrogen and oxygen atoms in total. The predicted octanol–water partition coefficient (Wildman–Crippen LogP) is 3.70. The summed E-state index contributed by atoms with van der Waals surface area (Å²) in [5.41, 5.74) is 7.42. The van der Waals surface area contributed by atoms with Crippen molar-refractivity contribution in [2.75, 3.05) is 6.54 Å². The Hall–Kier alpha value is -1.42. The van der Waals surface area contributed by atoms with E-state index in [2.05, 4.69) is 0 Å². The van der Waals surface area contributed by atoms with Gasteiger partial charge in [0.05, 0.1) is 12.7 Å². The molecule has 0 fully saturated rings. The normalized spacial score (nSPS) is 12.4. The lowest BCUT2D eigenvalue weighted by molar-refractivity contribution is 0.0454. The van der Waals surface area contributed by atoms with Crippen molar-refractivity contribution in [3.63, 3.8) is 0 Å². The number of halogens is 2. The fourth-order valence-corrected chi connectivity index (χ4v) is 1.91. The van der Waals surface area contributed by atoms with Gasteiger partial charge in [-0.2, -0.15) is 0 Å². The van der Waals surface area contributed by atoms with Crippen LogP contribution in [0.15, 0.2) is 48.5 Å². The van der Waals surface area contributed by atoms with E-state index >= 15 is 0 Å². The van der Waals surface area contributed by atoms with E-state index in [1.165, 1.54) is 12.1 Å². The van der Waals surface area contributed by atoms with Gasteiger partial charge in [0.1, 0.15) is 5.82 Å². The van der Waals surface area contributed by atoms with Gasteiger partial charge in [-0.15, -0.1) is 0 Å². The largest absolute Gasteiger partial charge is 0.368 e. The number of rotatable bonds is 5. The molecular formula is C15H15ClFNO. The molecular weight excluding hydrogens is 265 g/mol. The first-order valence-corrected chi connectivity index (χ1v) is 6.38. The van der Waals surface area contributed by atoms with E-state index in [0.29, 0.717) is 18.2 Å². The monoisotopic (exact) mass is 279 g/mol. The minimum absolute atomic E-state index is 0.286. The SMILES string of the molecule is NCC(OCc1ccc(Cl)cc1)c1cccc(F)c1. The van der Waals surface area contributed by atoms with Gasteiger partial charge in [0.15, 0.2) is 0 Å². The Bertz CT molecular complexity index is 530. The van der Waals surface area contributed by atoms with Crippen LogP contribution in [-0.2, 0) is 11.3 Å². The summed E-state index contributed by atoms with van der Waals surface area (Å²) in [6.07, 6.45) is -0.314. The molecule has 1 unspecified atom stereocenters. The molecule has 0 saturated carbocycles. The molecule has 0 aliphatic carbocycles. The predicted molar refractivity (Wildman–Crippen MR) is 74.4 cm³/mol. The summed E-state index contributed by atoms with van der Waals surface area (Å²) in [5.74, 6) is -0.286. The summed E-state index contributed by atoms with van der Waals surface area (Å²) in [5, 5.41) is 0.684. The molecule has 2 aromatic rings. The van der Waals surface area contributed by atoms with Crippen molar-refractivity contribution in [3.8, 4) is 0 Å². The molecule has 2 rings (SSSR count). The van der Waals surface area contributed by atoms with Crippen LogP contribution in [0.1, 0.15) is 17.2 Å². The van der Waals surface area contributed by atoms with Crippen LogP contribution >= 0.6 is 11.6 Å². The molecule has 0 aliphatic heterocycles. The molecule has 2 aromatic carbocycles. The van der Waals surface area contributed by atoms with Gasteiger partial charge in [0.25, 0.3) is 0 Å². The summed E-state index contributed by atoms with van der Waals surface area (Å²) >= 11 is 5.81. The standard InChI is InChI=1S/C15H15ClFNO/c16-13-6-4-11(5-7-13)10-19-15(9-18)12-2-1-3-14(17)8-12/h1-8,15H,9-10,18H2. The third kappa shape index (κ3) is 4.03. The minimum atomic E-state index is -0.314. The zero-order valence-corrected chi connectivity index (χ0v) is 11.1. The van der Waals surface area contributed by atoms with E-state index in [-0.39, 0.29) is 11.9 Å². The lowest BCUT2D eigenvalue weighted by atomic mass is 10.1. The lowest BCUT2D eigenvalue weighted by Gasteiger charge is -2.16.